The predicted octanol–water partition coefficient (Wildman–Crippen LogP) is 3.56. The van der Waals surface area contributed by atoms with Gasteiger partial charge in [-0.25, -0.2) is 4.79 Å². The fraction of sp³-hybridized carbons (Fsp3) is 0.500. The molecule has 0 atom stereocenters. The van der Waals surface area contributed by atoms with Crippen LogP contribution in [-0.4, -0.2) is 9.55 Å². The standard InChI is InChI=1S/C16H21N3O/c1-2-3-4-5-6-7-10-19-15-9-8-13(12-17)11-14(15)18-16(19)20/h8-9,11H,2-7,10H2,1H3,(H,18,20). The van der Waals surface area contributed by atoms with Crippen LogP contribution < -0.4 is 5.69 Å². The average molecular weight is 271 g/mol. The van der Waals surface area contributed by atoms with E-state index in [1.807, 2.05) is 6.07 Å². The first kappa shape index (κ1) is 14.4. The number of nitriles is 1. The fourth-order valence-electron chi connectivity index (χ4n) is 2.51. The van der Waals surface area contributed by atoms with Crippen molar-refractivity contribution in [2.75, 3.05) is 0 Å². The first-order chi connectivity index (χ1) is 9.76. The van der Waals surface area contributed by atoms with Gasteiger partial charge < -0.3 is 4.98 Å². The van der Waals surface area contributed by atoms with Gasteiger partial charge in [-0.1, -0.05) is 39.0 Å². The molecule has 0 aliphatic rings. The third kappa shape index (κ3) is 3.30. The molecule has 2 aromatic rings. The maximum Gasteiger partial charge on any atom is 0.326 e. The molecule has 4 heteroatoms. The number of aromatic nitrogens is 2. The lowest BCUT2D eigenvalue weighted by Crippen LogP contribution is -2.16. The minimum atomic E-state index is -0.0800. The van der Waals surface area contributed by atoms with Crippen LogP contribution in [-0.2, 0) is 6.54 Å². The summed E-state index contributed by atoms with van der Waals surface area (Å²) in [5.41, 5.74) is 2.14. The summed E-state index contributed by atoms with van der Waals surface area (Å²) in [6.45, 7) is 2.96. The van der Waals surface area contributed by atoms with E-state index in [-0.39, 0.29) is 5.69 Å². The molecule has 1 aromatic carbocycles. The summed E-state index contributed by atoms with van der Waals surface area (Å²) in [7, 11) is 0. The summed E-state index contributed by atoms with van der Waals surface area (Å²) in [6, 6.07) is 7.43. The van der Waals surface area contributed by atoms with Gasteiger partial charge in [-0.05, 0) is 24.6 Å². The molecule has 0 bridgehead atoms. The summed E-state index contributed by atoms with van der Waals surface area (Å²) >= 11 is 0. The molecule has 0 aliphatic heterocycles. The molecule has 0 fully saturated rings. The molecule has 0 unspecified atom stereocenters. The zero-order valence-corrected chi connectivity index (χ0v) is 12.0. The lowest BCUT2D eigenvalue weighted by Gasteiger charge is -2.03. The highest BCUT2D eigenvalue weighted by molar-refractivity contribution is 5.76. The van der Waals surface area contributed by atoms with Gasteiger partial charge in [0.05, 0.1) is 22.7 Å². The lowest BCUT2D eigenvalue weighted by atomic mass is 10.1. The molecule has 0 radical (unpaired) electrons. The van der Waals surface area contributed by atoms with Gasteiger partial charge in [0.2, 0.25) is 0 Å². The van der Waals surface area contributed by atoms with Gasteiger partial charge in [-0.15, -0.1) is 0 Å². The second-order valence-corrected chi connectivity index (χ2v) is 5.19. The Morgan fingerprint density at radius 3 is 2.70 bits per heavy atom. The zero-order valence-electron chi connectivity index (χ0n) is 12.0. The second-order valence-electron chi connectivity index (χ2n) is 5.19. The van der Waals surface area contributed by atoms with Crippen LogP contribution in [0, 0.1) is 11.3 Å². The number of rotatable bonds is 7. The van der Waals surface area contributed by atoms with E-state index >= 15 is 0 Å². The largest absolute Gasteiger partial charge is 0.326 e. The predicted molar refractivity (Wildman–Crippen MR) is 80.6 cm³/mol. The van der Waals surface area contributed by atoms with Gasteiger partial charge in [-0.2, -0.15) is 5.26 Å². The number of imidazole rings is 1. The van der Waals surface area contributed by atoms with Crippen LogP contribution in [0.4, 0.5) is 0 Å². The highest BCUT2D eigenvalue weighted by Gasteiger charge is 2.06. The Bertz CT molecular complexity index is 660. The molecule has 0 saturated carbocycles. The molecule has 2 rings (SSSR count). The van der Waals surface area contributed by atoms with Gasteiger partial charge in [-0.3, -0.25) is 4.57 Å². The van der Waals surface area contributed by atoms with Gasteiger partial charge in [0.1, 0.15) is 0 Å². The molecular weight excluding hydrogens is 250 g/mol. The molecule has 0 aliphatic carbocycles. The molecule has 1 N–H and O–H groups in total. The summed E-state index contributed by atoms with van der Waals surface area (Å²) in [6.07, 6.45) is 7.26. The van der Waals surface area contributed by atoms with Crippen molar-refractivity contribution in [3.8, 4) is 6.07 Å². The Labute approximate surface area is 119 Å². The highest BCUT2D eigenvalue weighted by atomic mass is 16.1. The smallest absolute Gasteiger partial charge is 0.305 e. The molecule has 0 amide bonds. The van der Waals surface area contributed by atoms with Crippen molar-refractivity contribution < 1.29 is 0 Å². The van der Waals surface area contributed by atoms with E-state index in [9.17, 15) is 4.79 Å². The fourth-order valence-corrected chi connectivity index (χ4v) is 2.51. The second kappa shape index (κ2) is 6.95. The minimum absolute atomic E-state index is 0.0800. The monoisotopic (exact) mass is 271 g/mol. The number of H-pyrrole nitrogens is 1. The Morgan fingerprint density at radius 2 is 1.95 bits per heavy atom. The van der Waals surface area contributed by atoms with E-state index < -0.39 is 0 Å². The SMILES string of the molecule is CCCCCCCCn1c(=O)[nH]c2cc(C#N)ccc21. The minimum Gasteiger partial charge on any atom is -0.305 e. The first-order valence-corrected chi connectivity index (χ1v) is 7.39. The highest BCUT2D eigenvalue weighted by Crippen LogP contribution is 2.13. The van der Waals surface area contributed by atoms with Crippen LogP contribution in [0.3, 0.4) is 0 Å². The Morgan fingerprint density at radius 1 is 1.20 bits per heavy atom. The topological polar surface area (TPSA) is 61.6 Å². The number of nitrogens with one attached hydrogen (secondary N) is 1. The van der Waals surface area contributed by atoms with Crippen LogP contribution in [0.15, 0.2) is 23.0 Å². The Kier molecular flexibility index (Phi) is 5.00. The van der Waals surface area contributed by atoms with Crippen molar-refractivity contribution in [1.82, 2.24) is 9.55 Å². The van der Waals surface area contributed by atoms with Crippen LogP contribution in [0.1, 0.15) is 51.0 Å². The number of unbranched alkanes of at least 4 members (excludes halogenated alkanes) is 5. The molecule has 0 spiro atoms. The normalized spacial score (nSPS) is 10.8. The number of aromatic amines is 1. The van der Waals surface area contributed by atoms with Crippen molar-refractivity contribution in [2.45, 2.75) is 52.0 Å². The number of hydrogen-bond donors (Lipinski definition) is 1. The van der Waals surface area contributed by atoms with Gasteiger partial charge >= 0.3 is 5.69 Å². The number of benzene rings is 1. The van der Waals surface area contributed by atoms with E-state index in [0.29, 0.717) is 5.56 Å². The number of fused-ring (bicyclic) bond motifs is 1. The summed E-state index contributed by atoms with van der Waals surface area (Å²) in [5, 5.41) is 8.87. The van der Waals surface area contributed by atoms with Crippen LogP contribution in [0.25, 0.3) is 11.0 Å². The van der Waals surface area contributed by atoms with E-state index in [1.54, 1.807) is 16.7 Å². The zero-order chi connectivity index (χ0) is 14.4. The third-order valence-corrected chi connectivity index (χ3v) is 3.64. The van der Waals surface area contributed by atoms with Crippen molar-refractivity contribution in [1.29, 1.82) is 5.26 Å². The van der Waals surface area contributed by atoms with Crippen molar-refractivity contribution in [3.63, 3.8) is 0 Å². The number of aryl methyl sites for hydroxylation is 1. The van der Waals surface area contributed by atoms with Crippen LogP contribution in [0.5, 0.6) is 0 Å². The first-order valence-electron chi connectivity index (χ1n) is 7.39. The number of nitrogens with zero attached hydrogens (tertiary/aromatic N) is 2. The van der Waals surface area contributed by atoms with Gasteiger partial charge in [0.15, 0.2) is 0 Å². The summed E-state index contributed by atoms with van der Waals surface area (Å²) in [5.74, 6) is 0. The molecule has 1 aromatic heterocycles. The van der Waals surface area contributed by atoms with Gasteiger partial charge in [0, 0.05) is 6.54 Å². The maximum atomic E-state index is 11.9. The molecular formula is C16H21N3O. The van der Waals surface area contributed by atoms with Crippen molar-refractivity contribution in [2.24, 2.45) is 0 Å². The van der Waals surface area contributed by atoms with Gasteiger partial charge in [0.25, 0.3) is 0 Å². The molecule has 106 valence electrons. The average Bonchev–Trinajstić information content (AvgIpc) is 2.77. The third-order valence-electron chi connectivity index (χ3n) is 3.64. The summed E-state index contributed by atoms with van der Waals surface area (Å²) < 4.78 is 1.77. The lowest BCUT2D eigenvalue weighted by molar-refractivity contribution is 0.557. The van der Waals surface area contributed by atoms with Crippen molar-refractivity contribution >= 4 is 11.0 Å². The quantitative estimate of drug-likeness (QED) is 0.783. The Balaban J connectivity index is 2.01. The molecule has 20 heavy (non-hydrogen) atoms. The Hall–Kier alpha value is -2.02. The van der Waals surface area contributed by atoms with Crippen LogP contribution >= 0.6 is 0 Å². The van der Waals surface area contributed by atoms with Crippen molar-refractivity contribution in [3.05, 3.63) is 34.2 Å². The molecule has 4 nitrogen and oxygen atoms in total. The van der Waals surface area contributed by atoms with E-state index in [4.69, 9.17) is 5.26 Å². The van der Waals surface area contributed by atoms with E-state index in [1.165, 1.54) is 25.7 Å². The van der Waals surface area contributed by atoms with E-state index in [0.717, 1.165) is 30.4 Å². The maximum absolute atomic E-state index is 11.9. The molecule has 0 saturated heterocycles. The van der Waals surface area contributed by atoms with Crippen LogP contribution in [0.2, 0.25) is 0 Å². The summed E-state index contributed by atoms with van der Waals surface area (Å²) in [4.78, 5) is 14.7. The molecule has 1 heterocycles. The van der Waals surface area contributed by atoms with E-state index in [2.05, 4.69) is 18.0 Å². The number of hydrogen-bond acceptors (Lipinski definition) is 2.